The van der Waals surface area contributed by atoms with Crippen LogP contribution in [-0.4, -0.2) is 30.1 Å². The van der Waals surface area contributed by atoms with Gasteiger partial charge in [-0.1, -0.05) is 19.4 Å². The van der Waals surface area contributed by atoms with Gasteiger partial charge in [0.1, 0.15) is 5.75 Å². The summed E-state index contributed by atoms with van der Waals surface area (Å²) in [5.74, 6) is -0.425. The maximum Gasteiger partial charge on any atom is 0.573 e. The van der Waals surface area contributed by atoms with E-state index in [-0.39, 0.29) is 12.2 Å². The van der Waals surface area contributed by atoms with E-state index in [1.54, 1.807) is 0 Å². The zero-order valence-corrected chi connectivity index (χ0v) is 11.4. The number of urea groups is 1. The van der Waals surface area contributed by atoms with Crippen LogP contribution in [0.3, 0.4) is 0 Å². The molecule has 0 aromatic heterocycles. The van der Waals surface area contributed by atoms with Gasteiger partial charge in [-0.2, -0.15) is 0 Å². The Balaban J connectivity index is 2.51. The highest BCUT2D eigenvalue weighted by atomic mass is 19.4. The highest BCUT2D eigenvalue weighted by Gasteiger charge is 2.31. The zero-order valence-electron chi connectivity index (χ0n) is 11.4. The first kappa shape index (κ1) is 17.1. The highest BCUT2D eigenvalue weighted by Crippen LogP contribution is 2.24. The van der Waals surface area contributed by atoms with Crippen molar-refractivity contribution in [1.82, 2.24) is 5.32 Å². The fraction of sp³-hybridized carbons (Fsp3) is 0.462. The molecule has 0 spiro atoms. The van der Waals surface area contributed by atoms with Gasteiger partial charge in [0.2, 0.25) is 0 Å². The predicted octanol–water partition coefficient (Wildman–Crippen LogP) is 2.87. The molecule has 0 bridgehead atoms. The van der Waals surface area contributed by atoms with Crippen LogP contribution in [-0.2, 0) is 0 Å². The third-order valence-corrected chi connectivity index (χ3v) is 2.45. The van der Waals surface area contributed by atoms with Crippen LogP contribution in [0.25, 0.3) is 0 Å². The number of rotatable bonds is 6. The van der Waals surface area contributed by atoms with Crippen molar-refractivity contribution in [3.8, 4) is 5.75 Å². The second-order valence-electron chi connectivity index (χ2n) is 4.35. The van der Waals surface area contributed by atoms with Crippen molar-refractivity contribution in [2.24, 2.45) is 0 Å². The third kappa shape index (κ3) is 7.40. The summed E-state index contributed by atoms with van der Waals surface area (Å²) in [6.07, 6.45) is -4.11. The Kier molecular flexibility index (Phi) is 6.29. The van der Waals surface area contributed by atoms with Gasteiger partial charge in [0, 0.05) is 18.3 Å². The first-order valence-electron chi connectivity index (χ1n) is 6.39. The minimum atomic E-state index is -4.79. The average molecular weight is 306 g/mol. The molecule has 8 heteroatoms. The van der Waals surface area contributed by atoms with E-state index in [9.17, 15) is 23.1 Å². The van der Waals surface area contributed by atoms with Gasteiger partial charge in [0.05, 0.1) is 6.10 Å². The molecule has 1 rings (SSSR count). The number of anilines is 1. The summed E-state index contributed by atoms with van der Waals surface area (Å²) in [6.45, 7) is 1.97. The molecule has 3 N–H and O–H groups in total. The van der Waals surface area contributed by atoms with Crippen molar-refractivity contribution in [2.75, 3.05) is 11.9 Å². The number of nitrogens with one attached hydrogen (secondary N) is 2. The van der Waals surface area contributed by atoms with Crippen molar-refractivity contribution in [3.63, 3.8) is 0 Å². The van der Waals surface area contributed by atoms with Gasteiger partial charge in [-0.25, -0.2) is 4.79 Å². The van der Waals surface area contributed by atoms with Crippen molar-refractivity contribution in [3.05, 3.63) is 24.3 Å². The van der Waals surface area contributed by atoms with Crippen LogP contribution in [0.15, 0.2) is 24.3 Å². The lowest BCUT2D eigenvalue weighted by molar-refractivity contribution is -0.274. The highest BCUT2D eigenvalue weighted by molar-refractivity contribution is 5.89. The summed E-state index contributed by atoms with van der Waals surface area (Å²) >= 11 is 0. The van der Waals surface area contributed by atoms with Crippen molar-refractivity contribution < 1.29 is 27.8 Å². The van der Waals surface area contributed by atoms with Crippen LogP contribution in [0.1, 0.15) is 19.8 Å². The Morgan fingerprint density at radius 3 is 2.76 bits per heavy atom. The molecule has 2 amide bonds. The standard InChI is InChI=1S/C13H17F3N2O3/c1-2-4-10(19)8-17-12(20)18-9-5-3-6-11(7-9)21-13(14,15)16/h3,5-7,10,19H,2,4,8H2,1H3,(H2,17,18,20). The van der Waals surface area contributed by atoms with Crippen LogP contribution in [0.5, 0.6) is 5.75 Å². The molecule has 0 radical (unpaired) electrons. The number of aliphatic hydroxyl groups excluding tert-OH is 1. The second kappa shape index (κ2) is 7.72. The van der Waals surface area contributed by atoms with E-state index >= 15 is 0 Å². The first-order chi connectivity index (χ1) is 9.80. The predicted molar refractivity (Wildman–Crippen MR) is 71.1 cm³/mol. The maximum absolute atomic E-state index is 12.1. The molecule has 1 atom stereocenters. The number of halogens is 3. The number of carbonyl (C=O) groups excluding carboxylic acids is 1. The van der Waals surface area contributed by atoms with E-state index in [0.717, 1.165) is 18.6 Å². The largest absolute Gasteiger partial charge is 0.573 e. The Morgan fingerprint density at radius 1 is 1.43 bits per heavy atom. The first-order valence-corrected chi connectivity index (χ1v) is 6.39. The molecule has 0 saturated carbocycles. The van der Waals surface area contributed by atoms with E-state index in [2.05, 4.69) is 15.4 Å². The van der Waals surface area contributed by atoms with E-state index in [1.807, 2.05) is 6.92 Å². The van der Waals surface area contributed by atoms with Gasteiger partial charge in [0.25, 0.3) is 0 Å². The summed E-state index contributed by atoms with van der Waals surface area (Å²) in [6, 6.07) is 4.31. The molecular weight excluding hydrogens is 289 g/mol. The van der Waals surface area contributed by atoms with Gasteiger partial charge < -0.3 is 20.5 Å². The van der Waals surface area contributed by atoms with E-state index in [0.29, 0.717) is 6.42 Å². The van der Waals surface area contributed by atoms with E-state index < -0.39 is 24.2 Å². The van der Waals surface area contributed by atoms with Crippen molar-refractivity contribution in [2.45, 2.75) is 32.2 Å². The molecule has 1 aromatic carbocycles. The van der Waals surface area contributed by atoms with E-state index in [1.165, 1.54) is 12.1 Å². The molecule has 0 aliphatic rings. The molecule has 5 nitrogen and oxygen atoms in total. The number of hydrogen-bond acceptors (Lipinski definition) is 3. The number of amides is 2. The smallest absolute Gasteiger partial charge is 0.406 e. The molecule has 0 aliphatic carbocycles. The fourth-order valence-corrected chi connectivity index (χ4v) is 1.59. The van der Waals surface area contributed by atoms with Gasteiger partial charge in [0.15, 0.2) is 0 Å². The Bertz CT molecular complexity index is 466. The molecule has 1 aromatic rings. The lowest BCUT2D eigenvalue weighted by atomic mass is 10.2. The molecule has 0 heterocycles. The average Bonchev–Trinajstić information content (AvgIpc) is 2.35. The zero-order chi connectivity index (χ0) is 15.9. The quantitative estimate of drug-likeness (QED) is 0.757. The molecule has 21 heavy (non-hydrogen) atoms. The summed E-state index contributed by atoms with van der Waals surface area (Å²) in [5, 5.41) is 14.2. The Labute approximate surface area is 120 Å². The van der Waals surface area contributed by atoms with Crippen LogP contribution in [0.4, 0.5) is 23.7 Å². The molecule has 1 unspecified atom stereocenters. The van der Waals surface area contributed by atoms with Crippen LogP contribution < -0.4 is 15.4 Å². The SMILES string of the molecule is CCCC(O)CNC(=O)Nc1cccc(OC(F)(F)F)c1. The molecular formula is C13H17F3N2O3. The number of carbonyl (C=O) groups is 1. The monoisotopic (exact) mass is 306 g/mol. The lowest BCUT2D eigenvalue weighted by Gasteiger charge is -2.13. The maximum atomic E-state index is 12.1. The summed E-state index contributed by atoms with van der Waals surface area (Å²) in [7, 11) is 0. The normalized spacial score (nSPS) is 12.6. The second-order valence-corrected chi connectivity index (χ2v) is 4.35. The van der Waals surface area contributed by atoms with Gasteiger partial charge in [-0.3, -0.25) is 0 Å². The molecule has 0 fully saturated rings. The number of benzene rings is 1. The van der Waals surface area contributed by atoms with Crippen molar-refractivity contribution >= 4 is 11.7 Å². The number of ether oxygens (including phenoxy) is 1. The van der Waals surface area contributed by atoms with Crippen molar-refractivity contribution in [1.29, 1.82) is 0 Å². The molecule has 0 saturated heterocycles. The van der Waals surface area contributed by atoms with Crippen LogP contribution in [0, 0.1) is 0 Å². The summed E-state index contributed by atoms with van der Waals surface area (Å²) in [5.41, 5.74) is 0.152. The molecule has 0 aliphatic heterocycles. The Morgan fingerprint density at radius 2 is 2.14 bits per heavy atom. The number of aliphatic hydroxyl groups is 1. The van der Waals surface area contributed by atoms with Crippen LogP contribution >= 0.6 is 0 Å². The van der Waals surface area contributed by atoms with Crippen LogP contribution in [0.2, 0.25) is 0 Å². The minimum Gasteiger partial charge on any atom is -0.406 e. The fourth-order valence-electron chi connectivity index (χ4n) is 1.59. The van der Waals surface area contributed by atoms with Gasteiger partial charge in [-0.15, -0.1) is 13.2 Å². The molecule has 118 valence electrons. The number of alkyl halides is 3. The number of hydrogen-bond donors (Lipinski definition) is 3. The third-order valence-electron chi connectivity index (χ3n) is 2.45. The van der Waals surface area contributed by atoms with Gasteiger partial charge >= 0.3 is 12.4 Å². The Hall–Kier alpha value is -1.96. The van der Waals surface area contributed by atoms with E-state index in [4.69, 9.17) is 0 Å². The topological polar surface area (TPSA) is 70.6 Å². The summed E-state index contributed by atoms with van der Waals surface area (Å²) in [4.78, 5) is 11.5. The summed E-state index contributed by atoms with van der Waals surface area (Å²) < 4.78 is 39.9. The van der Waals surface area contributed by atoms with Gasteiger partial charge in [-0.05, 0) is 18.6 Å². The lowest BCUT2D eigenvalue weighted by Crippen LogP contribution is -2.35. The minimum absolute atomic E-state index is 0.0679.